The van der Waals surface area contributed by atoms with Crippen LogP contribution < -0.4 is 10.1 Å². The van der Waals surface area contributed by atoms with E-state index in [0.29, 0.717) is 42.3 Å². The predicted octanol–water partition coefficient (Wildman–Crippen LogP) is 2.16. The van der Waals surface area contributed by atoms with Gasteiger partial charge in [-0.15, -0.1) is 0 Å². The van der Waals surface area contributed by atoms with Gasteiger partial charge < -0.3 is 24.5 Å². The fourth-order valence-electron chi connectivity index (χ4n) is 4.49. The molecule has 0 bridgehead atoms. The number of aromatic nitrogens is 2. The highest BCUT2D eigenvalue weighted by Crippen LogP contribution is 2.29. The van der Waals surface area contributed by atoms with Crippen LogP contribution in [0.1, 0.15) is 53.8 Å². The molecule has 3 heterocycles. The van der Waals surface area contributed by atoms with E-state index in [0.717, 1.165) is 12.8 Å². The van der Waals surface area contributed by atoms with E-state index < -0.39 is 17.7 Å². The lowest BCUT2D eigenvalue weighted by atomic mass is 9.88. The summed E-state index contributed by atoms with van der Waals surface area (Å²) in [6, 6.07) is 5.96. The molecule has 1 fully saturated rings. The summed E-state index contributed by atoms with van der Waals surface area (Å²) in [6.07, 6.45) is 1.85. The molecular weight excluding hydrogens is 497 g/mol. The monoisotopic (exact) mass is 527 g/mol. The molecular formula is C26H30FN5O6. The average Bonchev–Trinajstić information content (AvgIpc) is 3.41. The van der Waals surface area contributed by atoms with Crippen molar-refractivity contribution in [3.8, 4) is 5.75 Å². The highest BCUT2D eigenvalue weighted by Gasteiger charge is 2.34. The molecule has 38 heavy (non-hydrogen) atoms. The number of nitrogens with zero attached hydrogens (tertiary/aromatic N) is 4. The van der Waals surface area contributed by atoms with Crippen molar-refractivity contribution >= 4 is 23.5 Å². The van der Waals surface area contributed by atoms with Crippen LogP contribution in [-0.2, 0) is 25.7 Å². The number of amides is 2. The summed E-state index contributed by atoms with van der Waals surface area (Å²) in [7, 11) is 1.38. The van der Waals surface area contributed by atoms with Gasteiger partial charge in [0.05, 0.1) is 12.8 Å². The molecule has 0 unspecified atom stereocenters. The zero-order chi connectivity index (χ0) is 27.2. The van der Waals surface area contributed by atoms with Gasteiger partial charge in [0, 0.05) is 38.9 Å². The van der Waals surface area contributed by atoms with Gasteiger partial charge in [0.1, 0.15) is 23.3 Å². The maximum Gasteiger partial charge on any atom is 0.303 e. The third kappa shape index (κ3) is 6.61. The van der Waals surface area contributed by atoms with Crippen molar-refractivity contribution in [3.63, 3.8) is 0 Å². The number of hydrogen-bond donors (Lipinski definition) is 1. The quantitative estimate of drug-likeness (QED) is 0.517. The second-order valence-electron chi connectivity index (χ2n) is 9.22. The molecule has 11 nitrogen and oxygen atoms in total. The smallest absolute Gasteiger partial charge is 0.303 e. The lowest BCUT2D eigenvalue weighted by molar-refractivity contribution is -0.151. The summed E-state index contributed by atoms with van der Waals surface area (Å²) in [5.74, 6) is -0.842. The molecule has 2 aromatic rings. The first-order chi connectivity index (χ1) is 18.2. The number of ether oxygens (including phenoxy) is 2. The molecule has 202 valence electrons. The number of halogens is 1. The van der Waals surface area contributed by atoms with Crippen molar-refractivity contribution in [2.24, 2.45) is 11.1 Å². The number of hydrogen-bond acceptors (Lipinski definition) is 9. The van der Waals surface area contributed by atoms with E-state index in [1.54, 1.807) is 24.0 Å². The Morgan fingerprint density at radius 2 is 1.95 bits per heavy atom. The van der Waals surface area contributed by atoms with Crippen molar-refractivity contribution < 1.29 is 33.1 Å². The Balaban J connectivity index is 1.32. The highest BCUT2D eigenvalue weighted by atomic mass is 19.1. The maximum absolute atomic E-state index is 13.6. The number of carbonyl (C=O) groups excluding carboxylic acids is 3. The zero-order valence-corrected chi connectivity index (χ0v) is 21.5. The van der Waals surface area contributed by atoms with E-state index >= 15 is 0 Å². The topological polar surface area (TPSA) is 132 Å². The number of piperidine rings is 1. The van der Waals surface area contributed by atoms with Crippen LogP contribution in [0.15, 0.2) is 29.4 Å². The lowest BCUT2D eigenvalue weighted by Crippen LogP contribution is -2.43. The second-order valence-corrected chi connectivity index (χ2v) is 9.22. The fraction of sp³-hybridized carbons (Fsp3) is 0.462. The molecule has 0 radical (unpaired) electrons. The first-order valence-electron chi connectivity index (χ1n) is 12.3. The molecule has 1 aromatic carbocycles. The SMILES string of the molecule is COc1cc(CNC(=O)c2cc(C3=NO[C@H](C4CCN(C(=O)COC(C)=O)CC4)C3)nc(C)n2)ccc1F. The van der Waals surface area contributed by atoms with Gasteiger partial charge in [-0.25, -0.2) is 14.4 Å². The summed E-state index contributed by atoms with van der Waals surface area (Å²) in [5.41, 5.74) is 2.01. The third-order valence-corrected chi connectivity index (χ3v) is 6.54. The van der Waals surface area contributed by atoms with Gasteiger partial charge in [0.15, 0.2) is 18.2 Å². The minimum atomic E-state index is -0.480. The van der Waals surface area contributed by atoms with E-state index in [1.807, 2.05) is 0 Å². The minimum Gasteiger partial charge on any atom is -0.494 e. The lowest BCUT2D eigenvalue weighted by Gasteiger charge is -2.33. The first-order valence-corrected chi connectivity index (χ1v) is 12.3. The van der Waals surface area contributed by atoms with Crippen LogP contribution >= 0.6 is 0 Å². The van der Waals surface area contributed by atoms with Gasteiger partial charge >= 0.3 is 5.97 Å². The summed E-state index contributed by atoms with van der Waals surface area (Å²) in [5, 5.41) is 7.02. The average molecular weight is 528 g/mol. The van der Waals surface area contributed by atoms with Gasteiger partial charge in [-0.2, -0.15) is 0 Å². The number of carbonyl (C=O) groups is 3. The van der Waals surface area contributed by atoms with Gasteiger partial charge in [0.25, 0.3) is 11.8 Å². The number of rotatable bonds is 8. The number of oxime groups is 1. The molecule has 1 atom stereocenters. The Morgan fingerprint density at radius 3 is 2.66 bits per heavy atom. The predicted molar refractivity (Wildman–Crippen MR) is 133 cm³/mol. The number of esters is 1. The van der Waals surface area contributed by atoms with Crippen molar-refractivity contribution in [2.75, 3.05) is 26.8 Å². The molecule has 1 aromatic heterocycles. The molecule has 0 aliphatic carbocycles. The van der Waals surface area contributed by atoms with Crippen LogP contribution in [0, 0.1) is 18.7 Å². The molecule has 2 aliphatic heterocycles. The summed E-state index contributed by atoms with van der Waals surface area (Å²) >= 11 is 0. The number of aryl methyl sites for hydroxylation is 1. The number of benzene rings is 1. The van der Waals surface area contributed by atoms with Crippen LogP contribution in [0.25, 0.3) is 0 Å². The van der Waals surface area contributed by atoms with Crippen LogP contribution in [-0.4, -0.2) is 71.3 Å². The van der Waals surface area contributed by atoms with Crippen LogP contribution in [0.3, 0.4) is 0 Å². The van der Waals surface area contributed by atoms with E-state index in [2.05, 4.69) is 20.4 Å². The molecule has 2 aliphatic rings. The highest BCUT2D eigenvalue weighted by molar-refractivity contribution is 6.02. The Bertz CT molecular complexity index is 1240. The van der Waals surface area contributed by atoms with Crippen LogP contribution in [0.2, 0.25) is 0 Å². The largest absolute Gasteiger partial charge is 0.494 e. The minimum absolute atomic E-state index is 0.102. The van der Waals surface area contributed by atoms with Crippen molar-refractivity contribution in [2.45, 2.75) is 45.8 Å². The third-order valence-electron chi connectivity index (χ3n) is 6.54. The zero-order valence-electron chi connectivity index (χ0n) is 21.5. The summed E-state index contributed by atoms with van der Waals surface area (Å²) in [4.78, 5) is 52.0. The number of nitrogens with one attached hydrogen (secondary N) is 1. The standard InChI is InChI=1S/C26H30FN5O6/c1-15-29-20(11-22(30-15)26(35)28-13-17-4-5-19(27)24(10-17)36-3)21-12-23(38-31-21)18-6-8-32(9-7-18)25(34)14-37-16(2)33/h4-5,10-11,18,23H,6-9,12-14H2,1-3H3,(H,28,35)/t23-/m0/s1. The molecule has 0 saturated carbocycles. The Morgan fingerprint density at radius 1 is 1.18 bits per heavy atom. The van der Waals surface area contributed by atoms with Crippen molar-refractivity contribution in [1.29, 1.82) is 0 Å². The van der Waals surface area contributed by atoms with Crippen molar-refractivity contribution in [1.82, 2.24) is 20.2 Å². The molecule has 1 N–H and O–H groups in total. The molecule has 0 spiro atoms. The van der Waals surface area contributed by atoms with Crippen LogP contribution in [0.4, 0.5) is 4.39 Å². The van der Waals surface area contributed by atoms with Gasteiger partial charge in [-0.05, 0) is 43.5 Å². The number of likely N-dealkylation sites (tertiary alicyclic amines) is 1. The van der Waals surface area contributed by atoms with Gasteiger partial charge in [-0.3, -0.25) is 14.4 Å². The van der Waals surface area contributed by atoms with Crippen molar-refractivity contribution in [3.05, 3.63) is 52.9 Å². The van der Waals surface area contributed by atoms with Crippen LogP contribution in [0.5, 0.6) is 5.75 Å². The van der Waals surface area contributed by atoms with E-state index in [4.69, 9.17) is 14.3 Å². The normalized spacial score (nSPS) is 17.4. The summed E-state index contributed by atoms with van der Waals surface area (Å²) in [6.45, 7) is 4.00. The van der Waals surface area contributed by atoms with E-state index in [9.17, 15) is 18.8 Å². The van der Waals surface area contributed by atoms with Gasteiger partial charge in [-0.1, -0.05) is 11.2 Å². The Labute approximate surface area is 219 Å². The summed E-state index contributed by atoms with van der Waals surface area (Å²) < 4.78 is 23.4. The molecule has 12 heteroatoms. The first kappa shape index (κ1) is 27.0. The van der Waals surface area contributed by atoms with Gasteiger partial charge in [0.2, 0.25) is 0 Å². The van der Waals surface area contributed by atoms with E-state index in [-0.39, 0.29) is 42.5 Å². The van der Waals surface area contributed by atoms with E-state index in [1.165, 1.54) is 26.2 Å². The Kier molecular flexibility index (Phi) is 8.49. The number of methoxy groups -OCH3 is 1. The Hall–Kier alpha value is -4.09. The molecule has 2 amide bonds. The molecule has 4 rings (SSSR count). The fourth-order valence-corrected chi connectivity index (χ4v) is 4.49. The molecule has 1 saturated heterocycles. The second kappa shape index (κ2) is 12.0. The maximum atomic E-state index is 13.6.